The van der Waals surface area contributed by atoms with Crippen LogP contribution >= 0.6 is 27.3 Å². The lowest BCUT2D eigenvalue weighted by Gasteiger charge is -2.12. The molecule has 1 heterocycles. The first-order valence-corrected chi connectivity index (χ1v) is 7.77. The fraction of sp³-hybridized carbons (Fsp3) is 0.692. The molecule has 1 aromatic heterocycles. The molecule has 1 aliphatic rings. The Labute approximate surface area is 110 Å². The molecule has 0 amide bonds. The third-order valence-electron chi connectivity index (χ3n) is 3.45. The summed E-state index contributed by atoms with van der Waals surface area (Å²) < 4.78 is 1.16. The second-order valence-electron chi connectivity index (χ2n) is 4.79. The van der Waals surface area contributed by atoms with Crippen molar-refractivity contribution in [3.63, 3.8) is 0 Å². The molecule has 1 N–H and O–H groups in total. The number of rotatable bonds is 5. The van der Waals surface area contributed by atoms with Crippen LogP contribution in [0.1, 0.15) is 43.4 Å². The van der Waals surface area contributed by atoms with Gasteiger partial charge in [0, 0.05) is 11.3 Å². The van der Waals surface area contributed by atoms with E-state index >= 15 is 0 Å². The number of hydrogen-bond donors (Lipinski definition) is 1. The predicted molar refractivity (Wildman–Crippen MR) is 72.9 cm³/mol. The van der Waals surface area contributed by atoms with Crippen LogP contribution in [-0.2, 0) is 6.42 Å². The zero-order valence-corrected chi connectivity index (χ0v) is 11.9. The van der Waals surface area contributed by atoms with Crippen LogP contribution in [0.4, 0.5) is 0 Å². The Kier molecular flexibility index (Phi) is 4.86. The summed E-state index contributed by atoms with van der Waals surface area (Å²) in [6, 6.07) is 4.16. The summed E-state index contributed by atoms with van der Waals surface area (Å²) in [6.07, 6.45) is 8.44. The van der Waals surface area contributed by atoms with Gasteiger partial charge in [-0.2, -0.15) is 0 Å². The molecule has 1 saturated carbocycles. The van der Waals surface area contributed by atoms with Crippen LogP contribution in [0.25, 0.3) is 0 Å². The van der Waals surface area contributed by atoms with Crippen LogP contribution in [0.2, 0.25) is 0 Å². The van der Waals surface area contributed by atoms with Gasteiger partial charge in [0.05, 0.1) is 9.89 Å². The molecule has 0 saturated heterocycles. The third-order valence-corrected chi connectivity index (χ3v) is 5.09. The monoisotopic (exact) mass is 302 g/mol. The van der Waals surface area contributed by atoms with E-state index in [0.29, 0.717) is 0 Å². The average Bonchev–Trinajstić information content (AvgIpc) is 2.87. The van der Waals surface area contributed by atoms with Crippen molar-refractivity contribution in [3.8, 4) is 0 Å². The van der Waals surface area contributed by atoms with Crippen molar-refractivity contribution in [2.45, 2.75) is 51.0 Å². The number of halogens is 1. The molecule has 2 rings (SSSR count). The summed E-state index contributed by atoms with van der Waals surface area (Å²) >= 11 is 5.18. The smallest absolute Gasteiger partial charge is 0.0701 e. The molecule has 0 spiro atoms. The van der Waals surface area contributed by atoms with E-state index in [1.165, 1.54) is 37.0 Å². The molecule has 1 aliphatic carbocycles. The van der Waals surface area contributed by atoms with Crippen LogP contribution in [0.15, 0.2) is 15.9 Å². The Balaban J connectivity index is 1.69. The Bertz CT molecular complexity index is 317. The lowest BCUT2D eigenvalue weighted by Crippen LogP contribution is -2.11. The van der Waals surface area contributed by atoms with Crippen LogP contribution in [0.3, 0.4) is 0 Å². The molecule has 1 fully saturated rings. The fourth-order valence-corrected chi connectivity index (χ4v) is 4.08. The van der Waals surface area contributed by atoms with Gasteiger partial charge in [-0.1, -0.05) is 25.7 Å². The van der Waals surface area contributed by atoms with Gasteiger partial charge in [0.15, 0.2) is 0 Å². The van der Waals surface area contributed by atoms with E-state index in [2.05, 4.69) is 28.1 Å². The van der Waals surface area contributed by atoms with Gasteiger partial charge in [0.25, 0.3) is 0 Å². The minimum atomic E-state index is -0.147. The topological polar surface area (TPSA) is 20.2 Å². The maximum Gasteiger partial charge on any atom is 0.0701 e. The average molecular weight is 303 g/mol. The second-order valence-corrected chi connectivity index (χ2v) is 7.34. The normalized spacial score (nSPS) is 19.1. The molecule has 0 bridgehead atoms. The zero-order valence-electron chi connectivity index (χ0n) is 9.49. The summed E-state index contributed by atoms with van der Waals surface area (Å²) in [5.41, 5.74) is 0. The Morgan fingerprint density at radius 3 is 2.75 bits per heavy atom. The lowest BCUT2D eigenvalue weighted by molar-refractivity contribution is 0.155. The number of thiophene rings is 1. The first-order valence-electron chi connectivity index (χ1n) is 6.16. The van der Waals surface area contributed by atoms with E-state index < -0.39 is 0 Å². The number of aliphatic hydroxyl groups is 1. The predicted octanol–water partition coefficient (Wildman–Crippen LogP) is 4.38. The van der Waals surface area contributed by atoms with Crippen molar-refractivity contribution in [2.75, 3.05) is 0 Å². The Morgan fingerprint density at radius 2 is 2.12 bits per heavy atom. The van der Waals surface area contributed by atoms with Crippen LogP contribution in [0.5, 0.6) is 0 Å². The van der Waals surface area contributed by atoms with Gasteiger partial charge in [-0.25, -0.2) is 0 Å². The molecular weight excluding hydrogens is 284 g/mol. The number of aliphatic hydroxyl groups excluding tert-OH is 1. The van der Waals surface area contributed by atoms with Gasteiger partial charge in [0.1, 0.15) is 0 Å². The molecule has 16 heavy (non-hydrogen) atoms. The van der Waals surface area contributed by atoms with Crippen LogP contribution < -0.4 is 0 Å². The summed E-state index contributed by atoms with van der Waals surface area (Å²) in [7, 11) is 0. The summed E-state index contributed by atoms with van der Waals surface area (Å²) in [5.74, 6) is 0.893. The minimum Gasteiger partial charge on any atom is -0.393 e. The first-order chi connectivity index (χ1) is 7.74. The maximum absolute atomic E-state index is 9.96. The molecule has 1 unspecified atom stereocenters. The minimum absolute atomic E-state index is 0.147. The van der Waals surface area contributed by atoms with Crippen molar-refractivity contribution in [3.05, 3.63) is 20.8 Å². The highest BCUT2D eigenvalue weighted by Gasteiger charge is 2.16. The molecule has 0 aliphatic heterocycles. The highest BCUT2D eigenvalue weighted by molar-refractivity contribution is 9.11. The van der Waals surface area contributed by atoms with Crippen LogP contribution in [-0.4, -0.2) is 11.2 Å². The fourth-order valence-electron chi connectivity index (χ4n) is 2.52. The van der Waals surface area contributed by atoms with Gasteiger partial charge in [-0.3, -0.25) is 0 Å². The standard InChI is InChI=1S/C13H19BrOS/c14-13-8-7-12(16-13)9-11(15)6-5-10-3-1-2-4-10/h7-8,10-11,15H,1-6,9H2. The van der Waals surface area contributed by atoms with Gasteiger partial charge in [0.2, 0.25) is 0 Å². The zero-order chi connectivity index (χ0) is 11.4. The summed E-state index contributed by atoms with van der Waals surface area (Å²) in [6.45, 7) is 0. The molecule has 0 radical (unpaired) electrons. The van der Waals surface area contributed by atoms with E-state index in [-0.39, 0.29) is 6.10 Å². The molecule has 1 aromatic rings. The lowest BCUT2D eigenvalue weighted by atomic mass is 9.98. The summed E-state index contributed by atoms with van der Waals surface area (Å²) in [5, 5.41) is 9.96. The SMILES string of the molecule is OC(CCC1CCCC1)Cc1ccc(Br)s1. The van der Waals surface area contributed by atoms with Gasteiger partial charge < -0.3 is 5.11 Å². The van der Waals surface area contributed by atoms with Gasteiger partial charge >= 0.3 is 0 Å². The molecule has 1 atom stereocenters. The van der Waals surface area contributed by atoms with E-state index in [4.69, 9.17) is 0 Å². The molecular formula is C13H19BrOS. The van der Waals surface area contributed by atoms with Crippen molar-refractivity contribution in [1.29, 1.82) is 0 Å². The number of hydrogen-bond acceptors (Lipinski definition) is 2. The Morgan fingerprint density at radius 1 is 1.38 bits per heavy atom. The van der Waals surface area contributed by atoms with Crippen molar-refractivity contribution in [1.82, 2.24) is 0 Å². The highest BCUT2D eigenvalue weighted by Crippen LogP contribution is 2.30. The first kappa shape index (κ1) is 12.6. The molecule has 1 nitrogen and oxygen atoms in total. The van der Waals surface area contributed by atoms with Crippen molar-refractivity contribution >= 4 is 27.3 Å². The van der Waals surface area contributed by atoms with E-state index in [1.54, 1.807) is 11.3 Å². The summed E-state index contributed by atoms with van der Waals surface area (Å²) in [4.78, 5) is 1.28. The van der Waals surface area contributed by atoms with Crippen molar-refractivity contribution in [2.24, 2.45) is 5.92 Å². The quantitative estimate of drug-likeness (QED) is 0.855. The maximum atomic E-state index is 9.96. The second kappa shape index (κ2) is 6.18. The van der Waals surface area contributed by atoms with E-state index in [9.17, 15) is 5.11 Å². The van der Waals surface area contributed by atoms with Gasteiger partial charge in [-0.05, 0) is 46.8 Å². The van der Waals surface area contributed by atoms with Crippen LogP contribution in [0, 0.1) is 5.92 Å². The van der Waals surface area contributed by atoms with E-state index in [1.807, 2.05) is 0 Å². The molecule has 90 valence electrons. The molecule has 0 aromatic carbocycles. The van der Waals surface area contributed by atoms with Crippen molar-refractivity contribution < 1.29 is 5.11 Å². The van der Waals surface area contributed by atoms with Gasteiger partial charge in [-0.15, -0.1) is 11.3 Å². The molecule has 3 heteroatoms. The highest BCUT2D eigenvalue weighted by atomic mass is 79.9. The van der Waals surface area contributed by atoms with E-state index in [0.717, 1.165) is 22.5 Å². The Hall–Kier alpha value is 0.140. The largest absolute Gasteiger partial charge is 0.393 e. The third kappa shape index (κ3) is 3.86.